The Balaban J connectivity index is 0.000000461. The van der Waals surface area contributed by atoms with E-state index >= 15 is 0 Å². The number of rotatable bonds is 0. The molecule has 2 rings (SSSR count). The summed E-state index contributed by atoms with van der Waals surface area (Å²) in [6.07, 6.45) is 2.58. The lowest BCUT2D eigenvalue weighted by molar-refractivity contribution is 0.0774. The molecule has 0 saturated heterocycles. The van der Waals surface area contributed by atoms with Crippen LogP contribution < -0.4 is 0 Å². The summed E-state index contributed by atoms with van der Waals surface area (Å²) in [5.74, 6) is 0.0388. The molecule has 76 valence electrons. The smallest absolute Gasteiger partial charge is 0.272 e. The molecule has 0 N–H and O–H groups in total. The van der Waals surface area contributed by atoms with Crippen LogP contribution in [-0.2, 0) is 6.42 Å². The zero-order valence-electron chi connectivity index (χ0n) is 8.95. The normalized spacial score (nSPS) is 14.2. The Morgan fingerprint density at radius 3 is 2.86 bits per heavy atom. The number of amides is 1. The van der Waals surface area contributed by atoms with Crippen molar-refractivity contribution >= 4 is 5.91 Å². The van der Waals surface area contributed by atoms with Gasteiger partial charge in [-0.2, -0.15) is 0 Å². The predicted molar refractivity (Wildman–Crippen MR) is 56.2 cm³/mol. The van der Waals surface area contributed by atoms with Crippen LogP contribution in [0.25, 0.3) is 0 Å². The Morgan fingerprint density at radius 2 is 2.14 bits per heavy atom. The first-order valence-corrected chi connectivity index (χ1v) is 4.98. The summed E-state index contributed by atoms with van der Waals surface area (Å²) in [5.41, 5.74) is 1.69. The molecule has 2 heterocycles. The van der Waals surface area contributed by atoms with Crippen molar-refractivity contribution < 1.29 is 4.79 Å². The van der Waals surface area contributed by atoms with Crippen LogP contribution in [0.3, 0.4) is 0 Å². The first-order valence-electron chi connectivity index (χ1n) is 4.98. The molecule has 3 heteroatoms. The van der Waals surface area contributed by atoms with E-state index in [0.717, 1.165) is 18.5 Å². The second-order valence-corrected chi connectivity index (χ2v) is 2.99. The van der Waals surface area contributed by atoms with Crippen LogP contribution in [0.4, 0.5) is 0 Å². The van der Waals surface area contributed by atoms with Gasteiger partial charge in [-0.05, 0) is 18.1 Å². The summed E-state index contributed by atoms with van der Waals surface area (Å²) in [7, 11) is 1.81. The van der Waals surface area contributed by atoms with E-state index in [-0.39, 0.29) is 5.91 Å². The quantitative estimate of drug-likeness (QED) is 0.627. The van der Waals surface area contributed by atoms with Crippen LogP contribution in [0.1, 0.15) is 29.9 Å². The highest BCUT2D eigenvalue weighted by Crippen LogP contribution is 2.14. The first-order chi connectivity index (χ1) is 6.79. The van der Waals surface area contributed by atoms with Gasteiger partial charge in [0.05, 0.1) is 0 Å². The summed E-state index contributed by atoms with van der Waals surface area (Å²) in [4.78, 5) is 17.2. The van der Waals surface area contributed by atoms with E-state index in [0.29, 0.717) is 5.69 Å². The molecule has 0 saturated carbocycles. The topological polar surface area (TPSA) is 33.2 Å². The SMILES string of the molecule is CC.CN1CCc2cccnc2C1=O. The van der Waals surface area contributed by atoms with Crippen molar-refractivity contribution in [1.29, 1.82) is 0 Å². The molecule has 1 aliphatic heterocycles. The zero-order chi connectivity index (χ0) is 10.6. The van der Waals surface area contributed by atoms with Gasteiger partial charge >= 0.3 is 0 Å². The lowest BCUT2D eigenvalue weighted by atomic mass is 10.1. The number of likely N-dealkylation sites (N-methyl/N-ethyl adjacent to an activating group) is 1. The Hall–Kier alpha value is -1.38. The molecule has 1 aromatic rings. The molecule has 1 aromatic heterocycles. The maximum atomic E-state index is 11.5. The maximum absolute atomic E-state index is 11.5. The van der Waals surface area contributed by atoms with Crippen molar-refractivity contribution in [2.24, 2.45) is 0 Å². The van der Waals surface area contributed by atoms with E-state index in [4.69, 9.17) is 0 Å². The number of aromatic nitrogens is 1. The highest BCUT2D eigenvalue weighted by Gasteiger charge is 2.21. The average Bonchev–Trinajstić information content (AvgIpc) is 2.27. The highest BCUT2D eigenvalue weighted by molar-refractivity contribution is 5.94. The Labute approximate surface area is 84.8 Å². The molecule has 1 aliphatic rings. The monoisotopic (exact) mass is 192 g/mol. The summed E-state index contributed by atoms with van der Waals surface area (Å²) < 4.78 is 0. The molecule has 1 amide bonds. The van der Waals surface area contributed by atoms with Gasteiger partial charge in [-0.3, -0.25) is 9.78 Å². The molecular formula is C11H16N2O. The minimum Gasteiger partial charge on any atom is -0.340 e. The van der Waals surface area contributed by atoms with E-state index in [9.17, 15) is 4.79 Å². The Bertz CT molecular complexity index is 323. The fourth-order valence-corrected chi connectivity index (χ4v) is 1.40. The van der Waals surface area contributed by atoms with Gasteiger partial charge in [-0.15, -0.1) is 0 Å². The van der Waals surface area contributed by atoms with Gasteiger partial charge in [0.2, 0.25) is 0 Å². The van der Waals surface area contributed by atoms with Gasteiger partial charge in [-0.25, -0.2) is 0 Å². The first kappa shape index (κ1) is 10.7. The van der Waals surface area contributed by atoms with Crippen molar-refractivity contribution in [2.75, 3.05) is 13.6 Å². The van der Waals surface area contributed by atoms with E-state index in [1.54, 1.807) is 18.1 Å². The second kappa shape index (κ2) is 4.74. The van der Waals surface area contributed by atoms with Crippen LogP contribution in [0, 0.1) is 0 Å². The predicted octanol–water partition coefficient (Wildman–Crippen LogP) is 1.74. The van der Waals surface area contributed by atoms with Crippen LogP contribution in [-0.4, -0.2) is 29.4 Å². The molecule has 14 heavy (non-hydrogen) atoms. The van der Waals surface area contributed by atoms with Gasteiger partial charge in [0, 0.05) is 19.8 Å². The van der Waals surface area contributed by atoms with Crippen molar-refractivity contribution in [1.82, 2.24) is 9.88 Å². The van der Waals surface area contributed by atoms with Crippen molar-refractivity contribution in [3.8, 4) is 0 Å². The molecular weight excluding hydrogens is 176 g/mol. The molecule has 0 aliphatic carbocycles. The summed E-state index contributed by atoms with van der Waals surface area (Å²) in [6, 6.07) is 3.84. The zero-order valence-corrected chi connectivity index (χ0v) is 8.95. The molecule has 3 nitrogen and oxygen atoms in total. The third-order valence-electron chi connectivity index (χ3n) is 2.16. The van der Waals surface area contributed by atoms with Crippen LogP contribution in [0.2, 0.25) is 0 Å². The third-order valence-corrected chi connectivity index (χ3v) is 2.16. The molecule has 0 unspecified atom stereocenters. The lowest BCUT2D eigenvalue weighted by Crippen LogP contribution is -2.34. The number of hydrogen-bond acceptors (Lipinski definition) is 2. The number of pyridine rings is 1. The molecule has 0 fully saturated rings. The third kappa shape index (κ3) is 1.92. The summed E-state index contributed by atoms with van der Waals surface area (Å²) >= 11 is 0. The van der Waals surface area contributed by atoms with Gasteiger partial charge in [0.15, 0.2) is 0 Å². The minimum atomic E-state index is 0.0388. The van der Waals surface area contributed by atoms with E-state index in [1.807, 2.05) is 26.0 Å². The fraction of sp³-hybridized carbons (Fsp3) is 0.455. The number of hydrogen-bond donors (Lipinski definition) is 0. The van der Waals surface area contributed by atoms with Gasteiger partial charge < -0.3 is 4.90 Å². The summed E-state index contributed by atoms with van der Waals surface area (Å²) in [6.45, 7) is 4.80. The summed E-state index contributed by atoms with van der Waals surface area (Å²) in [5, 5.41) is 0. The highest BCUT2D eigenvalue weighted by atomic mass is 16.2. The van der Waals surface area contributed by atoms with E-state index in [2.05, 4.69) is 4.98 Å². The number of fused-ring (bicyclic) bond motifs is 1. The fourth-order valence-electron chi connectivity index (χ4n) is 1.40. The molecule has 0 spiro atoms. The van der Waals surface area contributed by atoms with Crippen molar-refractivity contribution in [3.05, 3.63) is 29.6 Å². The molecule has 0 aromatic carbocycles. The van der Waals surface area contributed by atoms with E-state index in [1.165, 1.54) is 0 Å². The minimum absolute atomic E-state index is 0.0388. The number of carbonyl (C=O) groups excluding carboxylic acids is 1. The number of carbonyl (C=O) groups is 1. The average molecular weight is 192 g/mol. The Kier molecular flexibility index (Phi) is 3.63. The molecule has 0 radical (unpaired) electrons. The molecule has 0 bridgehead atoms. The van der Waals surface area contributed by atoms with Gasteiger partial charge in [-0.1, -0.05) is 19.9 Å². The second-order valence-electron chi connectivity index (χ2n) is 2.99. The molecule has 0 atom stereocenters. The largest absolute Gasteiger partial charge is 0.340 e. The van der Waals surface area contributed by atoms with Gasteiger partial charge in [0.1, 0.15) is 5.69 Å². The van der Waals surface area contributed by atoms with Crippen LogP contribution in [0.5, 0.6) is 0 Å². The van der Waals surface area contributed by atoms with E-state index < -0.39 is 0 Å². The number of nitrogens with zero attached hydrogens (tertiary/aromatic N) is 2. The van der Waals surface area contributed by atoms with Crippen LogP contribution in [0.15, 0.2) is 18.3 Å². The van der Waals surface area contributed by atoms with Crippen LogP contribution >= 0.6 is 0 Å². The Morgan fingerprint density at radius 1 is 1.43 bits per heavy atom. The van der Waals surface area contributed by atoms with Crippen molar-refractivity contribution in [3.63, 3.8) is 0 Å². The lowest BCUT2D eigenvalue weighted by Gasteiger charge is -2.23. The van der Waals surface area contributed by atoms with Gasteiger partial charge in [0.25, 0.3) is 5.91 Å². The standard InChI is InChI=1S/C9H10N2O.C2H6/c1-11-6-4-7-3-2-5-10-8(7)9(11)12;1-2/h2-3,5H,4,6H2,1H3;1-2H3. The van der Waals surface area contributed by atoms with Crippen molar-refractivity contribution in [2.45, 2.75) is 20.3 Å². The maximum Gasteiger partial charge on any atom is 0.272 e.